The van der Waals surface area contributed by atoms with Crippen LogP contribution in [0.5, 0.6) is 0 Å². The Bertz CT molecular complexity index is 354. The van der Waals surface area contributed by atoms with Crippen LogP contribution in [0.25, 0.3) is 0 Å². The first kappa shape index (κ1) is 14.1. The van der Waals surface area contributed by atoms with Crippen molar-refractivity contribution in [1.82, 2.24) is 9.55 Å². The van der Waals surface area contributed by atoms with Crippen LogP contribution in [0.1, 0.15) is 19.7 Å². The monoisotopic (exact) mass is 257 g/mol. The van der Waals surface area contributed by atoms with Crippen molar-refractivity contribution in [3.63, 3.8) is 0 Å². The minimum atomic E-state index is -0.551. The first-order chi connectivity index (χ1) is 8.19. The van der Waals surface area contributed by atoms with Crippen molar-refractivity contribution in [1.29, 1.82) is 0 Å². The summed E-state index contributed by atoms with van der Waals surface area (Å²) in [6, 6.07) is -0.551. The highest BCUT2D eigenvalue weighted by Gasteiger charge is 2.14. The number of aryl methyl sites for hydroxylation is 1. The second-order valence-electron chi connectivity index (χ2n) is 3.50. The molecule has 0 saturated carbocycles. The number of carbonyl (C=O) groups is 1. The minimum Gasteiger partial charge on any atom is -0.465 e. The lowest BCUT2D eigenvalue weighted by Crippen LogP contribution is -2.34. The van der Waals surface area contributed by atoms with Gasteiger partial charge in [0.1, 0.15) is 11.9 Å². The lowest BCUT2D eigenvalue weighted by molar-refractivity contribution is -0.144. The van der Waals surface area contributed by atoms with Gasteiger partial charge in [-0.2, -0.15) is 11.8 Å². The van der Waals surface area contributed by atoms with Crippen LogP contribution in [0.2, 0.25) is 0 Å². The fraction of sp³-hybridized carbons (Fsp3) is 0.636. The molecule has 0 bridgehead atoms. The van der Waals surface area contributed by atoms with Gasteiger partial charge in [-0.25, -0.2) is 4.98 Å². The quantitative estimate of drug-likeness (QED) is 0.739. The summed E-state index contributed by atoms with van der Waals surface area (Å²) in [7, 11) is 0. The molecule has 0 fully saturated rings. The molecule has 0 saturated heterocycles. The van der Waals surface area contributed by atoms with E-state index in [1.807, 2.05) is 6.20 Å². The number of nitrogens with zero attached hydrogens (tertiary/aromatic N) is 2. The maximum Gasteiger partial charge on any atom is 0.323 e. The van der Waals surface area contributed by atoms with Crippen molar-refractivity contribution in [2.24, 2.45) is 5.73 Å². The minimum absolute atomic E-state index is 0.334. The van der Waals surface area contributed by atoms with E-state index in [1.165, 1.54) is 0 Å². The summed E-state index contributed by atoms with van der Waals surface area (Å²) >= 11 is 1.59. The highest BCUT2D eigenvalue weighted by Crippen LogP contribution is 2.11. The van der Waals surface area contributed by atoms with Gasteiger partial charge >= 0.3 is 5.97 Å². The Morgan fingerprint density at radius 2 is 2.41 bits per heavy atom. The largest absolute Gasteiger partial charge is 0.465 e. The average Bonchev–Trinajstić information content (AvgIpc) is 2.76. The van der Waals surface area contributed by atoms with Crippen LogP contribution in [0.4, 0.5) is 0 Å². The summed E-state index contributed by atoms with van der Waals surface area (Å²) in [5, 5.41) is 0. The molecule has 1 heterocycles. The number of hydrogen-bond acceptors (Lipinski definition) is 5. The van der Waals surface area contributed by atoms with Gasteiger partial charge in [-0.05, 0) is 13.8 Å². The van der Waals surface area contributed by atoms with E-state index in [0.29, 0.717) is 12.4 Å². The zero-order valence-corrected chi connectivity index (χ0v) is 11.1. The Morgan fingerprint density at radius 3 is 3.06 bits per heavy atom. The number of nitrogens with two attached hydrogens (primary N) is 1. The standard InChI is InChI=1S/C11H19N3O2S/c1-3-14-6-5-13-10(14)8-17-7-9(12)11(15)16-4-2/h5-6,9H,3-4,7-8,12H2,1-2H3. The molecule has 0 aromatic carbocycles. The molecule has 0 radical (unpaired) electrons. The summed E-state index contributed by atoms with van der Waals surface area (Å²) < 4.78 is 6.91. The van der Waals surface area contributed by atoms with Crippen LogP contribution >= 0.6 is 11.8 Å². The molecule has 6 heteroatoms. The van der Waals surface area contributed by atoms with Gasteiger partial charge in [0.25, 0.3) is 0 Å². The van der Waals surface area contributed by atoms with Crippen LogP contribution in [0.15, 0.2) is 12.4 Å². The molecule has 0 aliphatic rings. The normalized spacial score (nSPS) is 12.4. The molecule has 1 atom stereocenters. The molecule has 5 nitrogen and oxygen atoms in total. The van der Waals surface area contributed by atoms with Crippen LogP contribution in [0.3, 0.4) is 0 Å². The SMILES string of the molecule is CCOC(=O)C(N)CSCc1nccn1CC. The van der Waals surface area contributed by atoms with E-state index >= 15 is 0 Å². The number of rotatable bonds is 7. The summed E-state index contributed by atoms with van der Waals surface area (Å²) in [5.41, 5.74) is 5.69. The first-order valence-corrected chi connectivity index (χ1v) is 6.84. The molecule has 0 amide bonds. The number of aromatic nitrogens is 2. The van der Waals surface area contributed by atoms with Crippen molar-refractivity contribution < 1.29 is 9.53 Å². The predicted octanol–water partition coefficient (Wildman–Crippen LogP) is 1.03. The van der Waals surface area contributed by atoms with Crippen molar-refractivity contribution in [2.75, 3.05) is 12.4 Å². The van der Waals surface area contributed by atoms with Crippen LogP contribution in [-0.4, -0.2) is 33.9 Å². The fourth-order valence-electron chi connectivity index (χ4n) is 1.36. The highest BCUT2D eigenvalue weighted by molar-refractivity contribution is 7.98. The van der Waals surface area contributed by atoms with Crippen molar-refractivity contribution in [3.05, 3.63) is 18.2 Å². The van der Waals surface area contributed by atoms with Gasteiger partial charge in [0, 0.05) is 24.7 Å². The molecule has 0 aliphatic carbocycles. The van der Waals surface area contributed by atoms with E-state index < -0.39 is 6.04 Å². The fourth-order valence-corrected chi connectivity index (χ4v) is 2.29. The third-order valence-electron chi connectivity index (χ3n) is 2.26. The molecule has 2 N–H and O–H groups in total. The maximum absolute atomic E-state index is 11.3. The number of imidazole rings is 1. The van der Waals surface area contributed by atoms with Crippen LogP contribution in [0, 0.1) is 0 Å². The van der Waals surface area contributed by atoms with Gasteiger partial charge in [0.05, 0.1) is 12.4 Å². The highest BCUT2D eigenvalue weighted by atomic mass is 32.2. The Balaban J connectivity index is 2.30. The molecule has 1 unspecified atom stereocenters. The molecule has 96 valence electrons. The lowest BCUT2D eigenvalue weighted by atomic mass is 10.4. The van der Waals surface area contributed by atoms with Gasteiger partial charge in [0.15, 0.2) is 0 Å². The topological polar surface area (TPSA) is 70.1 Å². The molecule has 1 aromatic heterocycles. The Kier molecular flexibility index (Phi) is 6.07. The number of carbonyl (C=O) groups excluding carboxylic acids is 1. The number of hydrogen-bond donors (Lipinski definition) is 1. The van der Waals surface area contributed by atoms with Gasteiger partial charge in [-0.15, -0.1) is 0 Å². The van der Waals surface area contributed by atoms with E-state index in [9.17, 15) is 4.79 Å². The van der Waals surface area contributed by atoms with Gasteiger partial charge in [-0.3, -0.25) is 4.79 Å². The molecular formula is C11H19N3O2S. The van der Waals surface area contributed by atoms with E-state index in [2.05, 4.69) is 16.5 Å². The Hall–Kier alpha value is -1.01. The number of esters is 1. The van der Waals surface area contributed by atoms with E-state index in [-0.39, 0.29) is 5.97 Å². The van der Waals surface area contributed by atoms with E-state index in [1.54, 1.807) is 24.9 Å². The van der Waals surface area contributed by atoms with Crippen molar-refractivity contribution in [2.45, 2.75) is 32.2 Å². The van der Waals surface area contributed by atoms with Crippen LogP contribution < -0.4 is 5.73 Å². The van der Waals surface area contributed by atoms with Gasteiger partial charge in [-0.1, -0.05) is 0 Å². The van der Waals surface area contributed by atoms with Gasteiger partial charge in [0.2, 0.25) is 0 Å². The molecule has 1 rings (SSSR count). The lowest BCUT2D eigenvalue weighted by Gasteiger charge is -2.10. The maximum atomic E-state index is 11.3. The third kappa shape index (κ3) is 4.40. The van der Waals surface area contributed by atoms with E-state index in [0.717, 1.165) is 18.1 Å². The molecule has 0 spiro atoms. The Morgan fingerprint density at radius 1 is 1.65 bits per heavy atom. The zero-order valence-electron chi connectivity index (χ0n) is 10.3. The zero-order chi connectivity index (χ0) is 12.7. The van der Waals surface area contributed by atoms with Crippen LogP contribution in [-0.2, 0) is 21.8 Å². The van der Waals surface area contributed by atoms with Crippen molar-refractivity contribution in [3.8, 4) is 0 Å². The summed E-state index contributed by atoms with van der Waals surface area (Å²) in [6.07, 6.45) is 3.73. The molecule has 0 aliphatic heterocycles. The smallest absolute Gasteiger partial charge is 0.323 e. The van der Waals surface area contributed by atoms with Gasteiger partial charge < -0.3 is 15.0 Å². The number of ether oxygens (including phenoxy) is 1. The predicted molar refractivity (Wildman–Crippen MR) is 68.7 cm³/mol. The molecule has 1 aromatic rings. The summed E-state index contributed by atoms with van der Waals surface area (Å²) in [5.74, 6) is 1.98. The Labute approximate surface area is 106 Å². The second-order valence-corrected chi connectivity index (χ2v) is 4.53. The molecular weight excluding hydrogens is 238 g/mol. The number of thioether (sulfide) groups is 1. The molecule has 17 heavy (non-hydrogen) atoms. The summed E-state index contributed by atoms with van der Waals surface area (Å²) in [4.78, 5) is 15.5. The van der Waals surface area contributed by atoms with Crippen molar-refractivity contribution >= 4 is 17.7 Å². The average molecular weight is 257 g/mol. The summed E-state index contributed by atoms with van der Waals surface area (Å²) in [6.45, 7) is 5.12. The first-order valence-electron chi connectivity index (χ1n) is 5.69. The third-order valence-corrected chi connectivity index (χ3v) is 3.32. The second kappa shape index (κ2) is 7.34. The van der Waals surface area contributed by atoms with E-state index in [4.69, 9.17) is 10.5 Å².